The van der Waals surface area contributed by atoms with E-state index >= 15 is 0 Å². The molecule has 1 aliphatic carbocycles. The van der Waals surface area contributed by atoms with Crippen LogP contribution in [0.3, 0.4) is 0 Å². The van der Waals surface area contributed by atoms with Crippen molar-refractivity contribution in [1.29, 1.82) is 0 Å². The minimum absolute atomic E-state index is 0.196. The number of alkyl halides is 1. The number of halogens is 1. The van der Waals surface area contributed by atoms with E-state index in [1.807, 2.05) is 0 Å². The van der Waals surface area contributed by atoms with Gasteiger partial charge in [-0.25, -0.2) is 0 Å². The summed E-state index contributed by atoms with van der Waals surface area (Å²) in [6.07, 6.45) is 8.03. The largest absolute Gasteiger partial charge is 0.356 e. The van der Waals surface area contributed by atoms with Crippen LogP contribution in [0.15, 0.2) is 0 Å². The van der Waals surface area contributed by atoms with Gasteiger partial charge in [0.15, 0.2) is 0 Å². The Morgan fingerprint density at radius 2 is 2.07 bits per heavy atom. The fourth-order valence-corrected chi connectivity index (χ4v) is 2.15. The predicted octanol–water partition coefficient (Wildman–Crippen LogP) is 2.70. The van der Waals surface area contributed by atoms with Crippen LogP contribution in [0.2, 0.25) is 0 Å². The van der Waals surface area contributed by atoms with E-state index in [1.165, 1.54) is 25.7 Å². The SMILES string of the molecule is O=C(CCC1CCCC1)NCCCCl. The molecule has 1 amide bonds. The topological polar surface area (TPSA) is 29.1 Å². The lowest BCUT2D eigenvalue weighted by Crippen LogP contribution is -2.24. The third-order valence-corrected chi connectivity index (χ3v) is 3.15. The molecule has 1 saturated carbocycles. The lowest BCUT2D eigenvalue weighted by atomic mass is 10.0. The highest BCUT2D eigenvalue weighted by atomic mass is 35.5. The summed E-state index contributed by atoms with van der Waals surface area (Å²) in [5.74, 6) is 1.64. The van der Waals surface area contributed by atoms with Crippen LogP contribution in [0.1, 0.15) is 44.9 Å². The smallest absolute Gasteiger partial charge is 0.220 e. The van der Waals surface area contributed by atoms with Crippen molar-refractivity contribution in [1.82, 2.24) is 5.32 Å². The summed E-state index contributed by atoms with van der Waals surface area (Å²) in [5, 5.41) is 2.88. The van der Waals surface area contributed by atoms with Gasteiger partial charge in [-0.3, -0.25) is 4.79 Å². The first-order valence-corrected chi connectivity index (χ1v) is 6.19. The summed E-state index contributed by atoms with van der Waals surface area (Å²) in [6, 6.07) is 0. The quantitative estimate of drug-likeness (QED) is 0.538. The van der Waals surface area contributed by atoms with Crippen LogP contribution in [-0.2, 0) is 4.79 Å². The second-order valence-electron chi connectivity index (χ2n) is 4.08. The number of hydrogen-bond acceptors (Lipinski definition) is 1. The molecule has 0 radical (unpaired) electrons. The summed E-state index contributed by atoms with van der Waals surface area (Å²) in [4.78, 5) is 11.3. The first-order valence-electron chi connectivity index (χ1n) is 5.65. The zero-order chi connectivity index (χ0) is 10.2. The van der Waals surface area contributed by atoms with Crippen LogP contribution in [0, 0.1) is 5.92 Å². The van der Waals surface area contributed by atoms with E-state index in [-0.39, 0.29) is 5.91 Å². The highest BCUT2D eigenvalue weighted by Crippen LogP contribution is 2.28. The van der Waals surface area contributed by atoms with Gasteiger partial charge >= 0.3 is 0 Å². The van der Waals surface area contributed by atoms with Gasteiger partial charge in [-0.2, -0.15) is 0 Å². The Labute approximate surface area is 91.4 Å². The Hall–Kier alpha value is -0.240. The number of rotatable bonds is 6. The van der Waals surface area contributed by atoms with Crippen molar-refractivity contribution in [3.05, 3.63) is 0 Å². The van der Waals surface area contributed by atoms with Crippen molar-refractivity contribution in [3.63, 3.8) is 0 Å². The Balaban J connectivity index is 1.96. The zero-order valence-corrected chi connectivity index (χ0v) is 9.48. The number of carbonyl (C=O) groups excluding carboxylic acids is 1. The molecule has 82 valence electrons. The lowest BCUT2D eigenvalue weighted by molar-refractivity contribution is -0.121. The number of carbonyl (C=O) groups is 1. The molecule has 0 unspecified atom stereocenters. The summed E-state index contributed by atoms with van der Waals surface area (Å²) in [5.41, 5.74) is 0. The zero-order valence-electron chi connectivity index (χ0n) is 8.73. The Morgan fingerprint density at radius 1 is 1.36 bits per heavy atom. The highest BCUT2D eigenvalue weighted by molar-refractivity contribution is 6.17. The minimum atomic E-state index is 0.196. The molecule has 2 nitrogen and oxygen atoms in total. The summed E-state index contributed by atoms with van der Waals surface area (Å²) < 4.78 is 0. The van der Waals surface area contributed by atoms with Gasteiger partial charge in [-0.15, -0.1) is 11.6 Å². The minimum Gasteiger partial charge on any atom is -0.356 e. The first-order chi connectivity index (χ1) is 6.83. The van der Waals surface area contributed by atoms with E-state index in [4.69, 9.17) is 11.6 Å². The van der Waals surface area contributed by atoms with Gasteiger partial charge in [-0.05, 0) is 18.8 Å². The van der Waals surface area contributed by atoms with Crippen LogP contribution in [0.25, 0.3) is 0 Å². The molecule has 0 heterocycles. The van der Waals surface area contributed by atoms with E-state index in [2.05, 4.69) is 5.32 Å². The van der Waals surface area contributed by atoms with Crippen LogP contribution < -0.4 is 5.32 Å². The molecular weight excluding hydrogens is 198 g/mol. The molecule has 0 aromatic rings. The summed E-state index contributed by atoms with van der Waals surface area (Å²) >= 11 is 5.51. The highest BCUT2D eigenvalue weighted by Gasteiger charge is 2.15. The summed E-state index contributed by atoms with van der Waals surface area (Å²) in [7, 11) is 0. The van der Waals surface area contributed by atoms with Crippen molar-refractivity contribution in [2.45, 2.75) is 44.9 Å². The maximum absolute atomic E-state index is 11.3. The van der Waals surface area contributed by atoms with Gasteiger partial charge in [-0.1, -0.05) is 25.7 Å². The van der Waals surface area contributed by atoms with Gasteiger partial charge in [0.25, 0.3) is 0 Å². The number of hydrogen-bond donors (Lipinski definition) is 1. The van der Waals surface area contributed by atoms with E-state index in [9.17, 15) is 4.79 Å². The maximum Gasteiger partial charge on any atom is 0.220 e. The second kappa shape index (κ2) is 7.10. The van der Waals surface area contributed by atoms with Crippen molar-refractivity contribution in [2.75, 3.05) is 12.4 Å². The van der Waals surface area contributed by atoms with Crippen molar-refractivity contribution < 1.29 is 4.79 Å². The van der Waals surface area contributed by atoms with Crippen molar-refractivity contribution in [2.24, 2.45) is 5.92 Å². The maximum atomic E-state index is 11.3. The van der Waals surface area contributed by atoms with E-state index in [1.54, 1.807) is 0 Å². The molecule has 0 spiro atoms. The molecule has 0 aromatic heterocycles. The molecule has 0 atom stereocenters. The van der Waals surface area contributed by atoms with E-state index < -0.39 is 0 Å². The van der Waals surface area contributed by atoms with E-state index in [0.717, 1.165) is 25.3 Å². The lowest BCUT2D eigenvalue weighted by Gasteiger charge is -2.08. The second-order valence-corrected chi connectivity index (χ2v) is 4.46. The molecule has 3 heteroatoms. The van der Waals surface area contributed by atoms with Crippen LogP contribution in [-0.4, -0.2) is 18.3 Å². The third kappa shape index (κ3) is 4.85. The van der Waals surface area contributed by atoms with Gasteiger partial charge in [0.1, 0.15) is 0 Å². The predicted molar refractivity (Wildman–Crippen MR) is 59.5 cm³/mol. The molecule has 1 aliphatic rings. The molecule has 0 bridgehead atoms. The molecule has 0 aliphatic heterocycles. The Morgan fingerprint density at radius 3 is 2.71 bits per heavy atom. The number of nitrogens with one attached hydrogen (secondary N) is 1. The molecular formula is C11H20ClNO. The van der Waals surface area contributed by atoms with Crippen molar-refractivity contribution >= 4 is 17.5 Å². The molecule has 1 fully saturated rings. The molecule has 0 saturated heterocycles. The van der Waals surface area contributed by atoms with Crippen LogP contribution in [0.4, 0.5) is 0 Å². The molecule has 1 N–H and O–H groups in total. The monoisotopic (exact) mass is 217 g/mol. The van der Waals surface area contributed by atoms with E-state index in [0.29, 0.717) is 12.3 Å². The van der Waals surface area contributed by atoms with Gasteiger partial charge in [0.05, 0.1) is 0 Å². The van der Waals surface area contributed by atoms with Crippen LogP contribution >= 0.6 is 11.6 Å². The Kier molecular flexibility index (Phi) is 6.00. The molecule has 0 aromatic carbocycles. The van der Waals surface area contributed by atoms with Gasteiger partial charge < -0.3 is 5.32 Å². The number of amides is 1. The normalized spacial score (nSPS) is 17.2. The average molecular weight is 218 g/mol. The Bertz CT molecular complexity index is 167. The van der Waals surface area contributed by atoms with Gasteiger partial charge in [0, 0.05) is 18.8 Å². The average Bonchev–Trinajstić information content (AvgIpc) is 2.68. The molecule has 14 heavy (non-hydrogen) atoms. The molecule has 1 rings (SSSR count). The fourth-order valence-electron chi connectivity index (χ4n) is 2.02. The van der Waals surface area contributed by atoms with Gasteiger partial charge in [0.2, 0.25) is 5.91 Å². The van der Waals surface area contributed by atoms with Crippen molar-refractivity contribution in [3.8, 4) is 0 Å². The first kappa shape index (κ1) is 11.8. The summed E-state index contributed by atoms with van der Waals surface area (Å²) in [6.45, 7) is 0.729. The third-order valence-electron chi connectivity index (χ3n) is 2.89. The fraction of sp³-hybridized carbons (Fsp3) is 0.909. The van der Waals surface area contributed by atoms with Crippen LogP contribution in [0.5, 0.6) is 0 Å². The standard InChI is InChI=1S/C11H20ClNO/c12-8-3-9-13-11(14)7-6-10-4-1-2-5-10/h10H,1-9H2,(H,13,14).